The van der Waals surface area contributed by atoms with Crippen LogP contribution in [0, 0.1) is 0 Å². The summed E-state index contributed by atoms with van der Waals surface area (Å²) in [6.07, 6.45) is 2.13. The quantitative estimate of drug-likeness (QED) is 0.359. The van der Waals surface area contributed by atoms with Gasteiger partial charge in [-0.2, -0.15) is 0 Å². The lowest BCUT2D eigenvalue weighted by atomic mass is 9.86. The van der Waals surface area contributed by atoms with Crippen molar-refractivity contribution < 1.29 is 19.1 Å². The number of hydrogen-bond donors (Lipinski definition) is 0. The second kappa shape index (κ2) is 5.88. The fourth-order valence-electron chi connectivity index (χ4n) is 4.60. The van der Waals surface area contributed by atoms with Gasteiger partial charge in [-0.25, -0.2) is 0 Å². The van der Waals surface area contributed by atoms with Crippen LogP contribution in [0.25, 0.3) is 10.8 Å². The van der Waals surface area contributed by atoms with E-state index in [-0.39, 0.29) is 18.0 Å². The largest absolute Gasteiger partial charge is 0.461 e. The van der Waals surface area contributed by atoms with E-state index in [1.165, 1.54) is 0 Å². The minimum absolute atomic E-state index is 0.236. The highest BCUT2D eigenvalue weighted by Gasteiger charge is 2.57. The number of rotatable bonds is 0. The Labute approximate surface area is 175 Å². The number of ketones is 2. The Bertz CT molecular complexity index is 1240. The molecule has 1 atom stereocenters. The van der Waals surface area contributed by atoms with E-state index >= 15 is 0 Å². The first kappa shape index (κ1) is 17.1. The highest BCUT2D eigenvalue weighted by Crippen LogP contribution is 2.45. The summed E-state index contributed by atoms with van der Waals surface area (Å²) in [6.45, 7) is 0. The molecule has 142 valence electrons. The van der Waals surface area contributed by atoms with E-state index in [1.54, 1.807) is 24.3 Å². The van der Waals surface area contributed by atoms with Gasteiger partial charge < -0.3 is 9.47 Å². The maximum atomic E-state index is 13.1. The van der Waals surface area contributed by atoms with Crippen LogP contribution in [0.2, 0.25) is 0 Å². The Balaban J connectivity index is 1.41. The highest BCUT2D eigenvalue weighted by molar-refractivity contribution is 9.10. The van der Waals surface area contributed by atoms with Gasteiger partial charge in [-0.3, -0.25) is 9.59 Å². The molecular formula is C24H15BrO4. The van der Waals surface area contributed by atoms with Crippen molar-refractivity contribution in [3.63, 3.8) is 0 Å². The second-order valence-electron chi connectivity index (χ2n) is 7.67. The van der Waals surface area contributed by atoms with Gasteiger partial charge >= 0.3 is 0 Å². The van der Waals surface area contributed by atoms with Crippen LogP contribution in [-0.4, -0.2) is 23.5 Å². The van der Waals surface area contributed by atoms with Crippen molar-refractivity contribution in [3.8, 4) is 5.75 Å². The minimum Gasteiger partial charge on any atom is -0.461 e. The van der Waals surface area contributed by atoms with Crippen LogP contribution >= 0.6 is 15.9 Å². The fourth-order valence-corrected chi connectivity index (χ4v) is 4.98. The van der Waals surface area contributed by atoms with Gasteiger partial charge in [-0.1, -0.05) is 58.4 Å². The van der Waals surface area contributed by atoms with Crippen molar-refractivity contribution in [1.29, 1.82) is 0 Å². The molecule has 1 unspecified atom stereocenters. The molecule has 5 heteroatoms. The molecule has 3 aliphatic rings. The maximum absolute atomic E-state index is 13.1. The molecule has 0 N–H and O–H groups in total. The lowest BCUT2D eigenvalue weighted by Gasteiger charge is -2.38. The van der Waals surface area contributed by atoms with Crippen LogP contribution in [0.5, 0.6) is 5.75 Å². The Morgan fingerprint density at radius 2 is 1.72 bits per heavy atom. The average Bonchev–Trinajstić information content (AvgIpc) is 2.94. The zero-order valence-corrected chi connectivity index (χ0v) is 16.9. The van der Waals surface area contributed by atoms with Crippen LogP contribution in [0.3, 0.4) is 0 Å². The summed E-state index contributed by atoms with van der Waals surface area (Å²) in [5.41, 5.74) is 1.42. The molecule has 6 rings (SSSR count). The normalized spacial score (nSPS) is 21.4. The monoisotopic (exact) mass is 446 g/mol. The van der Waals surface area contributed by atoms with E-state index < -0.39 is 11.9 Å². The predicted molar refractivity (Wildman–Crippen MR) is 111 cm³/mol. The van der Waals surface area contributed by atoms with Gasteiger partial charge in [0.25, 0.3) is 0 Å². The number of benzene rings is 3. The molecule has 0 aromatic heterocycles. The Morgan fingerprint density at radius 3 is 2.48 bits per heavy atom. The summed E-state index contributed by atoms with van der Waals surface area (Å²) in [5, 5.41) is 2.26. The smallest absolute Gasteiger partial charge is 0.224 e. The molecule has 0 saturated heterocycles. The molecule has 1 spiro atoms. The van der Waals surface area contributed by atoms with E-state index in [2.05, 4.69) is 28.1 Å². The summed E-state index contributed by atoms with van der Waals surface area (Å²) >= 11 is 3.52. The molecule has 0 fully saturated rings. The zero-order valence-electron chi connectivity index (χ0n) is 15.3. The molecule has 2 heterocycles. The molecule has 0 bridgehead atoms. The third-order valence-electron chi connectivity index (χ3n) is 6.08. The summed E-state index contributed by atoms with van der Waals surface area (Å²) in [6, 6.07) is 17.0. The molecular weight excluding hydrogens is 432 g/mol. The molecule has 3 aromatic carbocycles. The predicted octanol–water partition coefficient (Wildman–Crippen LogP) is 5.03. The number of carbonyl (C=O) groups excluding carboxylic acids is 2. The number of carbonyl (C=O) groups is 2. The Morgan fingerprint density at radius 1 is 0.966 bits per heavy atom. The maximum Gasteiger partial charge on any atom is 0.224 e. The van der Waals surface area contributed by atoms with Crippen LogP contribution < -0.4 is 4.74 Å². The van der Waals surface area contributed by atoms with Gasteiger partial charge in [0.15, 0.2) is 0 Å². The van der Waals surface area contributed by atoms with Gasteiger partial charge in [0.2, 0.25) is 23.5 Å². The number of fused-ring (bicyclic) bond motifs is 5. The molecule has 4 nitrogen and oxygen atoms in total. The van der Waals surface area contributed by atoms with Crippen LogP contribution in [0.4, 0.5) is 0 Å². The van der Waals surface area contributed by atoms with Crippen molar-refractivity contribution in [1.82, 2.24) is 0 Å². The van der Waals surface area contributed by atoms with E-state index in [4.69, 9.17) is 9.47 Å². The van der Waals surface area contributed by atoms with Crippen LogP contribution in [0.15, 0.2) is 70.7 Å². The van der Waals surface area contributed by atoms with Crippen molar-refractivity contribution in [2.45, 2.75) is 24.7 Å². The van der Waals surface area contributed by atoms with E-state index in [1.807, 2.05) is 24.3 Å². The summed E-state index contributed by atoms with van der Waals surface area (Å²) < 4.78 is 13.3. The minimum atomic E-state index is -1.50. The molecule has 0 radical (unpaired) electrons. The van der Waals surface area contributed by atoms with Crippen molar-refractivity contribution in [2.75, 3.05) is 0 Å². The molecule has 0 saturated carbocycles. The molecule has 1 aliphatic carbocycles. The van der Waals surface area contributed by atoms with Gasteiger partial charge in [0.1, 0.15) is 5.75 Å². The summed E-state index contributed by atoms with van der Waals surface area (Å²) in [5.74, 6) is 0.187. The van der Waals surface area contributed by atoms with Gasteiger partial charge in [0, 0.05) is 34.0 Å². The molecule has 0 amide bonds. The first-order valence-corrected chi connectivity index (χ1v) is 10.3. The highest BCUT2D eigenvalue weighted by atomic mass is 79.9. The van der Waals surface area contributed by atoms with E-state index in [0.29, 0.717) is 17.5 Å². The fraction of sp³-hybridized carbons (Fsp3) is 0.167. The third-order valence-corrected chi connectivity index (χ3v) is 6.57. The van der Waals surface area contributed by atoms with E-state index in [0.717, 1.165) is 32.1 Å². The lowest BCUT2D eigenvalue weighted by Crippen LogP contribution is -2.51. The standard InChI is InChI=1S/C24H15BrO4/c25-15-6-7-16-13(11-15)5-8-20-19(16)12-14-9-10-24(29-23(14)28-20)21(26)17-3-1-2-4-18(17)22(24)27/h1-9,11,23H,10,12H2. The van der Waals surface area contributed by atoms with E-state index in [9.17, 15) is 9.59 Å². The number of halogens is 1. The molecule has 2 aliphatic heterocycles. The Hall–Kier alpha value is -2.76. The number of Topliss-reactive ketones (excluding diaryl/α,β-unsaturated/α-hetero) is 2. The first-order chi connectivity index (χ1) is 14.1. The van der Waals surface area contributed by atoms with Crippen molar-refractivity contribution in [2.24, 2.45) is 0 Å². The zero-order chi connectivity index (χ0) is 19.8. The van der Waals surface area contributed by atoms with Crippen molar-refractivity contribution in [3.05, 3.63) is 87.4 Å². The Kier molecular flexibility index (Phi) is 3.47. The van der Waals surface area contributed by atoms with Crippen LogP contribution in [-0.2, 0) is 11.2 Å². The lowest BCUT2D eigenvalue weighted by molar-refractivity contribution is -0.125. The topological polar surface area (TPSA) is 52.6 Å². The average molecular weight is 447 g/mol. The van der Waals surface area contributed by atoms with Crippen molar-refractivity contribution >= 4 is 38.3 Å². The summed E-state index contributed by atoms with van der Waals surface area (Å²) in [4.78, 5) is 26.2. The van der Waals surface area contributed by atoms with Crippen LogP contribution in [0.1, 0.15) is 32.7 Å². The number of hydrogen-bond acceptors (Lipinski definition) is 4. The summed E-state index contributed by atoms with van der Waals surface area (Å²) in [7, 11) is 0. The van der Waals surface area contributed by atoms with Gasteiger partial charge in [0.05, 0.1) is 0 Å². The SMILES string of the molecule is O=C1c2ccccc2C(=O)C12CC=C1Cc3c(ccc4cc(Br)ccc34)OC1O2. The second-order valence-corrected chi connectivity index (χ2v) is 8.58. The molecule has 29 heavy (non-hydrogen) atoms. The van der Waals surface area contributed by atoms with Gasteiger partial charge in [-0.05, 0) is 34.5 Å². The number of ether oxygens (including phenoxy) is 2. The first-order valence-electron chi connectivity index (χ1n) is 9.50. The molecule has 3 aromatic rings. The van der Waals surface area contributed by atoms with Gasteiger partial charge in [-0.15, -0.1) is 0 Å². The third kappa shape index (κ3) is 2.28.